The number of ether oxygens (including phenoxy) is 1. The zero-order valence-corrected chi connectivity index (χ0v) is 8.99. The number of carboxylic acids is 1. The average Bonchev–Trinajstić information content (AvgIpc) is 2.92. The Hall–Kier alpha value is -1.14. The Labute approximate surface area is 93.1 Å². The van der Waals surface area contributed by atoms with Crippen LogP contribution >= 0.6 is 0 Å². The highest BCUT2D eigenvalue weighted by atomic mass is 16.5. The van der Waals surface area contributed by atoms with E-state index in [2.05, 4.69) is 5.32 Å². The first kappa shape index (κ1) is 11.3. The molecular formula is C10H16N2O4. The number of carbonyl (C=O) groups excluding carboxylic acids is 1. The molecule has 0 radical (unpaired) electrons. The van der Waals surface area contributed by atoms with Crippen molar-refractivity contribution in [1.29, 1.82) is 0 Å². The second-order valence-electron chi connectivity index (χ2n) is 4.63. The average molecular weight is 228 g/mol. The highest BCUT2D eigenvalue weighted by molar-refractivity contribution is 5.92. The fourth-order valence-corrected chi connectivity index (χ4v) is 1.91. The minimum Gasteiger partial charge on any atom is -0.479 e. The number of nitrogens with two attached hydrogens (primary N) is 1. The number of carbonyl (C=O) groups is 2. The predicted octanol–water partition coefficient (Wildman–Crippen LogP) is -0.915. The molecule has 0 bridgehead atoms. The summed E-state index contributed by atoms with van der Waals surface area (Å²) in [5.74, 6) is -1.28. The van der Waals surface area contributed by atoms with Gasteiger partial charge in [0.25, 0.3) is 0 Å². The Balaban J connectivity index is 2.07. The second kappa shape index (κ2) is 3.71. The molecule has 6 heteroatoms. The zero-order chi connectivity index (χ0) is 11.8. The first-order chi connectivity index (χ1) is 7.55. The molecule has 1 unspecified atom stereocenters. The number of nitrogens with one attached hydrogen (secondary N) is 1. The summed E-state index contributed by atoms with van der Waals surface area (Å²) < 4.78 is 5.06. The van der Waals surface area contributed by atoms with E-state index in [9.17, 15) is 9.59 Å². The third-order valence-corrected chi connectivity index (χ3v) is 3.51. The Morgan fingerprint density at radius 3 is 2.44 bits per heavy atom. The Morgan fingerprint density at radius 1 is 1.38 bits per heavy atom. The van der Waals surface area contributed by atoms with Crippen molar-refractivity contribution in [2.75, 3.05) is 19.8 Å². The fraction of sp³-hybridized carbons (Fsp3) is 0.800. The quantitative estimate of drug-likeness (QED) is 0.578. The van der Waals surface area contributed by atoms with Crippen LogP contribution in [0.1, 0.15) is 19.3 Å². The smallest absolute Gasteiger partial charge is 0.331 e. The monoisotopic (exact) mass is 228 g/mol. The van der Waals surface area contributed by atoms with Crippen molar-refractivity contribution in [3.8, 4) is 0 Å². The molecule has 1 aliphatic carbocycles. The van der Waals surface area contributed by atoms with Gasteiger partial charge in [0, 0.05) is 19.6 Å². The van der Waals surface area contributed by atoms with Crippen LogP contribution in [0.4, 0.5) is 0 Å². The topological polar surface area (TPSA) is 102 Å². The summed E-state index contributed by atoms with van der Waals surface area (Å²) in [6, 6.07) is 0. The van der Waals surface area contributed by atoms with Gasteiger partial charge < -0.3 is 20.9 Å². The van der Waals surface area contributed by atoms with Crippen LogP contribution in [-0.2, 0) is 14.3 Å². The molecule has 16 heavy (non-hydrogen) atoms. The maximum absolute atomic E-state index is 11.9. The summed E-state index contributed by atoms with van der Waals surface area (Å²) in [6.45, 7) is 0.673. The van der Waals surface area contributed by atoms with E-state index in [0.29, 0.717) is 13.0 Å². The zero-order valence-electron chi connectivity index (χ0n) is 8.99. The van der Waals surface area contributed by atoms with Crippen LogP contribution in [-0.4, -0.2) is 42.3 Å². The van der Waals surface area contributed by atoms with E-state index in [-0.39, 0.29) is 19.1 Å². The molecule has 4 N–H and O–H groups in total. The Morgan fingerprint density at radius 2 is 2.06 bits per heavy atom. The van der Waals surface area contributed by atoms with Crippen LogP contribution in [0.15, 0.2) is 0 Å². The van der Waals surface area contributed by atoms with Crippen LogP contribution < -0.4 is 11.1 Å². The van der Waals surface area contributed by atoms with Gasteiger partial charge in [0.15, 0.2) is 5.54 Å². The lowest BCUT2D eigenvalue weighted by atomic mass is 9.96. The number of aliphatic carboxylic acids is 1. The lowest BCUT2D eigenvalue weighted by Crippen LogP contribution is -2.57. The highest BCUT2D eigenvalue weighted by Gasteiger charge is 2.53. The van der Waals surface area contributed by atoms with Crippen LogP contribution in [0.3, 0.4) is 0 Å². The molecular weight excluding hydrogens is 212 g/mol. The van der Waals surface area contributed by atoms with Crippen LogP contribution in [0, 0.1) is 5.41 Å². The molecule has 90 valence electrons. The van der Waals surface area contributed by atoms with Gasteiger partial charge in [0.1, 0.15) is 0 Å². The fourth-order valence-electron chi connectivity index (χ4n) is 1.91. The minimum absolute atomic E-state index is 0.0364. The summed E-state index contributed by atoms with van der Waals surface area (Å²) in [7, 11) is 0. The normalized spacial score (nSPS) is 31.1. The molecule has 0 aromatic carbocycles. The summed E-state index contributed by atoms with van der Waals surface area (Å²) in [5.41, 5.74) is 3.75. The van der Waals surface area contributed by atoms with E-state index in [0.717, 1.165) is 12.8 Å². The van der Waals surface area contributed by atoms with Crippen LogP contribution in [0.2, 0.25) is 0 Å². The van der Waals surface area contributed by atoms with Gasteiger partial charge in [0.05, 0.1) is 12.0 Å². The van der Waals surface area contributed by atoms with Gasteiger partial charge in [-0.3, -0.25) is 4.79 Å². The van der Waals surface area contributed by atoms with Crippen molar-refractivity contribution < 1.29 is 19.4 Å². The van der Waals surface area contributed by atoms with Crippen molar-refractivity contribution in [2.45, 2.75) is 24.8 Å². The second-order valence-corrected chi connectivity index (χ2v) is 4.63. The van der Waals surface area contributed by atoms with E-state index in [1.807, 2.05) is 0 Å². The molecule has 0 aromatic rings. The van der Waals surface area contributed by atoms with Gasteiger partial charge in [-0.15, -0.1) is 0 Å². The standard InChI is InChI=1S/C10H16N2O4/c11-5-9(1-2-9)7(13)12-10(8(14)15)3-4-16-6-10/h1-6,11H2,(H,12,13)(H,14,15). The van der Waals surface area contributed by atoms with Crippen molar-refractivity contribution in [3.63, 3.8) is 0 Å². The van der Waals surface area contributed by atoms with E-state index in [4.69, 9.17) is 15.6 Å². The molecule has 6 nitrogen and oxygen atoms in total. The molecule has 1 saturated heterocycles. The van der Waals surface area contributed by atoms with Gasteiger partial charge in [-0.25, -0.2) is 4.79 Å². The Bertz CT molecular complexity index is 319. The summed E-state index contributed by atoms with van der Waals surface area (Å²) >= 11 is 0. The summed E-state index contributed by atoms with van der Waals surface area (Å²) in [6.07, 6.45) is 1.80. The van der Waals surface area contributed by atoms with Crippen LogP contribution in [0.25, 0.3) is 0 Å². The number of carboxylic acid groups (broad SMARTS) is 1. The minimum atomic E-state index is -1.25. The lowest BCUT2D eigenvalue weighted by Gasteiger charge is -2.26. The molecule has 1 atom stereocenters. The van der Waals surface area contributed by atoms with Gasteiger partial charge in [-0.2, -0.15) is 0 Å². The molecule has 1 aliphatic heterocycles. The lowest BCUT2D eigenvalue weighted by molar-refractivity contribution is -0.148. The largest absolute Gasteiger partial charge is 0.479 e. The van der Waals surface area contributed by atoms with Gasteiger partial charge in [0.2, 0.25) is 5.91 Å². The summed E-state index contributed by atoms with van der Waals surface area (Å²) in [4.78, 5) is 23.1. The maximum atomic E-state index is 11.9. The molecule has 2 aliphatic rings. The van der Waals surface area contributed by atoms with E-state index >= 15 is 0 Å². The first-order valence-corrected chi connectivity index (χ1v) is 5.39. The van der Waals surface area contributed by atoms with E-state index in [1.165, 1.54) is 0 Å². The maximum Gasteiger partial charge on any atom is 0.331 e. The molecule has 1 heterocycles. The SMILES string of the molecule is NCC1(C(=O)NC2(C(=O)O)CCOC2)CC1. The van der Waals surface area contributed by atoms with Crippen molar-refractivity contribution in [3.05, 3.63) is 0 Å². The van der Waals surface area contributed by atoms with Crippen LogP contribution in [0.5, 0.6) is 0 Å². The third-order valence-electron chi connectivity index (χ3n) is 3.51. The molecule has 1 saturated carbocycles. The highest BCUT2D eigenvalue weighted by Crippen LogP contribution is 2.45. The van der Waals surface area contributed by atoms with Gasteiger partial charge >= 0.3 is 5.97 Å². The summed E-state index contributed by atoms with van der Waals surface area (Å²) in [5, 5.41) is 11.7. The van der Waals surface area contributed by atoms with E-state index in [1.54, 1.807) is 0 Å². The van der Waals surface area contributed by atoms with Gasteiger partial charge in [-0.05, 0) is 12.8 Å². The molecule has 0 aromatic heterocycles. The van der Waals surface area contributed by atoms with Crippen molar-refractivity contribution in [1.82, 2.24) is 5.32 Å². The number of hydrogen-bond acceptors (Lipinski definition) is 4. The third kappa shape index (κ3) is 1.68. The molecule has 1 amide bonds. The van der Waals surface area contributed by atoms with E-state index < -0.39 is 16.9 Å². The predicted molar refractivity (Wildman–Crippen MR) is 54.7 cm³/mol. The van der Waals surface area contributed by atoms with Crippen molar-refractivity contribution >= 4 is 11.9 Å². The van der Waals surface area contributed by atoms with Gasteiger partial charge in [-0.1, -0.05) is 0 Å². The molecule has 2 rings (SSSR count). The van der Waals surface area contributed by atoms with Crippen molar-refractivity contribution in [2.24, 2.45) is 11.1 Å². The first-order valence-electron chi connectivity index (χ1n) is 5.39. The Kier molecular flexibility index (Phi) is 2.63. The molecule has 2 fully saturated rings. The number of rotatable bonds is 4. The number of hydrogen-bond donors (Lipinski definition) is 3. The molecule has 0 spiro atoms. The number of amides is 1.